The van der Waals surface area contributed by atoms with Gasteiger partial charge in [-0.1, -0.05) is 6.92 Å². The smallest absolute Gasteiger partial charge is 0.314 e. The van der Waals surface area contributed by atoms with E-state index in [4.69, 9.17) is 5.11 Å². The van der Waals surface area contributed by atoms with Crippen LogP contribution in [0.4, 0.5) is 4.79 Å². The standard InChI is InChI=1S/C14H27N3O3/c1-3-17(2)9-8-15-14(20)16-10-11-4-6-12(7-5-11)13(18)19/h11-12H,3-10H2,1-2H3,(H,18,19)(H2,15,16,20). The fourth-order valence-corrected chi connectivity index (χ4v) is 2.43. The number of carboxylic acid groups (broad SMARTS) is 1. The molecule has 1 aliphatic carbocycles. The number of nitrogens with zero attached hydrogens (tertiary/aromatic N) is 1. The van der Waals surface area contributed by atoms with Crippen molar-refractivity contribution in [2.45, 2.75) is 32.6 Å². The molecule has 0 aromatic rings. The summed E-state index contributed by atoms with van der Waals surface area (Å²) in [4.78, 5) is 24.6. The Labute approximate surface area is 120 Å². The zero-order chi connectivity index (χ0) is 15.0. The topological polar surface area (TPSA) is 81.7 Å². The molecule has 20 heavy (non-hydrogen) atoms. The van der Waals surface area contributed by atoms with Crippen LogP contribution in [0, 0.1) is 11.8 Å². The number of rotatable bonds is 7. The van der Waals surface area contributed by atoms with Crippen LogP contribution in [0.25, 0.3) is 0 Å². The molecule has 0 heterocycles. The lowest BCUT2D eigenvalue weighted by molar-refractivity contribution is -0.143. The Morgan fingerprint density at radius 3 is 2.40 bits per heavy atom. The minimum absolute atomic E-state index is 0.130. The van der Waals surface area contributed by atoms with Crippen molar-refractivity contribution in [2.75, 3.05) is 33.2 Å². The first-order valence-corrected chi connectivity index (χ1v) is 7.46. The van der Waals surface area contributed by atoms with Crippen LogP contribution in [0.5, 0.6) is 0 Å². The Morgan fingerprint density at radius 2 is 1.85 bits per heavy atom. The molecule has 0 aliphatic heterocycles. The van der Waals surface area contributed by atoms with E-state index in [0.29, 0.717) is 19.0 Å². The van der Waals surface area contributed by atoms with Crippen molar-refractivity contribution < 1.29 is 14.7 Å². The van der Waals surface area contributed by atoms with Crippen LogP contribution in [0.2, 0.25) is 0 Å². The number of carbonyl (C=O) groups is 2. The lowest BCUT2D eigenvalue weighted by Gasteiger charge is -2.26. The maximum absolute atomic E-state index is 11.6. The molecule has 1 fully saturated rings. The van der Waals surface area contributed by atoms with Crippen LogP contribution in [-0.2, 0) is 4.79 Å². The van der Waals surface area contributed by atoms with Gasteiger partial charge >= 0.3 is 12.0 Å². The minimum Gasteiger partial charge on any atom is -0.481 e. The number of amides is 2. The van der Waals surface area contributed by atoms with Gasteiger partial charge in [-0.3, -0.25) is 4.79 Å². The van der Waals surface area contributed by atoms with Crippen molar-refractivity contribution in [3.63, 3.8) is 0 Å². The van der Waals surface area contributed by atoms with Crippen LogP contribution in [-0.4, -0.2) is 55.2 Å². The van der Waals surface area contributed by atoms with E-state index in [1.807, 2.05) is 7.05 Å². The monoisotopic (exact) mass is 285 g/mol. The summed E-state index contributed by atoms with van der Waals surface area (Å²) in [6.07, 6.45) is 3.22. The average Bonchev–Trinajstić information content (AvgIpc) is 2.45. The predicted octanol–water partition coefficient (Wildman–Crippen LogP) is 1.13. The van der Waals surface area contributed by atoms with Crippen molar-refractivity contribution in [3.05, 3.63) is 0 Å². The summed E-state index contributed by atoms with van der Waals surface area (Å²) in [5.74, 6) is -0.464. The highest BCUT2D eigenvalue weighted by molar-refractivity contribution is 5.73. The molecule has 0 aromatic heterocycles. The number of hydrogen-bond acceptors (Lipinski definition) is 3. The molecular weight excluding hydrogens is 258 g/mol. The summed E-state index contributed by atoms with van der Waals surface area (Å²) < 4.78 is 0. The average molecular weight is 285 g/mol. The van der Waals surface area contributed by atoms with Crippen molar-refractivity contribution in [1.29, 1.82) is 0 Å². The molecule has 0 bridgehead atoms. The molecule has 1 saturated carbocycles. The SMILES string of the molecule is CCN(C)CCNC(=O)NCC1CCC(C(=O)O)CC1. The highest BCUT2D eigenvalue weighted by atomic mass is 16.4. The predicted molar refractivity (Wildman–Crippen MR) is 77.7 cm³/mol. The van der Waals surface area contributed by atoms with Crippen LogP contribution < -0.4 is 10.6 Å². The van der Waals surface area contributed by atoms with Gasteiger partial charge in [0.15, 0.2) is 0 Å². The second-order valence-corrected chi connectivity index (χ2v) is 5.59. The zero-order valence-corrected chi connectivity index (χ0v) is 12.5. The molecule has 0 saturated heterocycles. The molecular formula is C14H27N3O3. The molecule has 116 valence electrons. The second kappa shape index (κ2) is 8.79. The van der Waals surface area contributed by atoms with Crippen molar-refractivity contribution in [1.82, 2.24) is 15.5 Å². The van der Waals surface area contributed by atoms with E-state index in [9.17, 15) is 9.59 Å². The Morgan fingerprint density at radius 1 is 1.20 bits per heavy atom. The first-order chi connectivity index (χ1) is 9.52. The van der Waals surface area contributed by atoms with E-state index in [2.05, 4.69) is 22.5 Å². The first kappa shape index (κ1) is 16.8. The first-order valence-electron chi connectivity index (χ1n) is 7.46. The lowest BCUT2D eigenvalue weighted by Crippen LogP contribution is -2.41. The van der Waals surface area contributed by atoms with E-state index >= 15 is 0 Å². The van der Waals surface area contributed by atoms with Gasteiger partial charge in [0, 0.05) is 19.6 Å². The molecule has 0 atom stereocenters. The van der Waals surface area contributed by atoms with Gasteiger partial charge in [0.2, 0.25) is 0 Å². The van der Waals surface area contributed by atoms with Gasteiger partial charge < -0.3 is 20.6 Å². The molecule has 1 rings (SSSR count). The van der Waals surface area contributed by atoms with Gasteiger partial charge in [0.05, 0.1) is 5.92 Å². The van der Waals surface area contributed by atoms with Crippen molar-refractivity contribution >= 4 is 12.0 Å². The summed E-state index contributed by atoms with van der Waals surface area (Å²) in [6, 6.07) is -0.130. The van der Waals surface area contributed by atoms with E-state index in [1.165, 1.54) is 0 Å². The zero-order valence-electron chi connectivity index (χ0n) is 12.5. The number of nitrogens with one attached hydrogen (secondary N) is 2. The molecule has 3 N–H and O–H groups in total. The number of urea groups is 1. The molecule has 6 nitrogen and oxygen atoms in total. The molecule has 2 amide bonds. The number of hydrogen-bond donors (Lipinski definition) is 3. The van der Waals surface area contributed by atoms with E-state index in [-0.39, 0.29) is 11.9 Å². The van der Waals surface area contributed by atoms with Gasteiger partial charge in [0.1, 0.15) is 0 Å². The van der Waals surface area contributed by atoms with E-state index < -0.39 is 5.97 Å². The minimum atomic E-state index is -0.686. The summed E-state index contributed by atoms with van der Waals surface area (Å²) in [6.45, 7) is 5.17. The molecule has 0 unspecified atom stereocenters. The normalized spacial score (nSPS) is 22.6. The largest absolute Gasteiger partial charge is 0.481 e. The molecule has 0 spiro atoms. The summed E-state index contributed by atoms with van der Waals surface area (Å²) in [7, 11) is 2.01. The third kappa shape index (κ3) is 6.23. The lowest BCUT2D eigenvalue weighted by atomic mass is 9.82. The van der Waals surface area contributed by atoms with Gasteiger partial charge in [-0.2, -0.15) is 0 Å². The van der Waals surface area contributed by atoms with Gasteiger partial charge in [-0.05, 0) is 45.2 Å². The third-order valence-corrected chi connectivity index (χ3v) is 4.07. The fourth-order valence-electron chi connectivity index (χ4n) is 2.43. The quantitative estimate of drug-likeness (QED) is 0.655. The Kier molecular flexibility index (Phi) is 7.36. The highest BCUT2D eigenvalue weighted by Gasteiger charge is 2.25. The van der Waals surface area contributed by atoms with Crippen molar-refractivity contribution in [3.8, 4) is 0 Å². The maximum Gasteiger partial charge on any atom is 0.314 e. The fraction of sp³-hybridized carbons (Fsp3) is 0.857. The number of carboxylic acids is 1. The molecule has 0 aromatic carbocycles. The number of likely N-dealkylation sites (N-methyl/N-ethyl adjacent to an activating group) is 1. The van der Waals surface area contributed by atoms with Crippen molar-refractivity contribution in [2.24, 2.45) is 11.8 Å². The third-order valence-electron chi connectivity index (χ3n) is 4.07. The summed E-state index contributed by atoms with van der Waals surface area (Å²) in [5.41, 5.74) is 0. The second-order valence-electron chi connectivity index (χ2n) is 5.59. The Balaban J connectivity index is 2.09. The Hall–Kier alpha value is -1.30. The molecule has 6 heteroatoms. The Bertz CT molecular complexity index is 315. The summed E-state index contributed by atoms with van der Waals surface area (Å²) in [5, 5.41) is 14.6. The van der Waals surface area contributed by atoms with Crippen LogP contribution in [0.1, 0.15) is 32.6 Å². The molecule has 0 radical (unpaired) electrons. The number of carbonyl (C=O) groups excluding carboxylic acids is 1. The molecule has 1 aliphatic rings. The highest BCUT2D eigenvalue weighted by Crippen LogP contribution is 2.28. The maximum atomic E-state index is 11.6. The van der Waals surface area contributed by atoms with Crippen LogP contribution in [0.3, 0.4) is 0 Å². The number of aliphatic carboxylic acids is 1. The van der Waals surface area contributed by atoms with Crippen LogP contribution >= 0.6 is 0 Å². The van der Waals surface area contributed by atoms with E-state index in [0.717, 1.165) is 38.8 Å². The van der Waals surface area contributed by atoms with Gasteiger partial charge in [0.25, 0.3) is 0 Å². The van der Waals surface area contributed by atoms with Gasteiger partial charge in [-0.15, -0.1) is 0 Å². The van der Waals surface area contributed by atoms with Gasteiger partial charge in [-0.25, -0.2) is 4.79 Å². The van der Waals surface area contributed by atoms with Crippen LogP contribution in [0.15, 0.2) is 0 Å². The van der Waals surface area contributed by atoms with E-state index in [1.54, 1.807) is 0 Å². The summed E-state index contributed by atoms with van der Waals surface area (Å²) >= 11 is 0.